The molecule has 2 aromatic carbocycles. The average molecular weight is 297 g/mol. The molecule has 0 aliphatic heterocycles. The van der Waals surface area contributed by atoms with Gasteiger partial charge in [0.1, 0.15) is 6.54 Å². The van der Waals surface area contributed by atoms with Crippen LogP contribution in [0.4, 0.5) is 5.69 Å². The van der Waals surface area contributed by atoms with E-state index in [0.717, 1.165) is 11.1 Å². The molecule has 1 N–H and O–H groups in total. The molecule has 0 aliphatic rings. The van der Waals surface area contributed by atoms with E-state index in [0.29, 0.717) is 17.7 Å². The quantitative estimate of drug-likeness (QED) is 0.658. The molecule has 0 amide bonds. The number of ether oxygens (including phenoxy) is 1. The van der Waals surface area contributed by atoms with Gasteiger partial charge in [0.05, 0.1) is 7.11 Å². The standard InChI is InChI=1S/C18H19NO3/c1-13-8-9-16(19-12-18(21)22-2)15(10-13)17(20)11-14-6-4-3-5-7-14/h3-10,19H,11-12H2,1-2H3. The van der Waals surface area contributed by atoms with E-state index in [4.69, 9.17) is 0 Å². The topological polar surface area (TPSA) is 55.4 Å². The third kappa shape index (κ3) is 4.19. The Kier molecular flexibility index (Phi) is 5.31. The van der Waals surface area contributed by atoms with Gasteiger partial charge in [-0.3, -0.25) is 9.59 Å². The van der Waals surface area contributed by atoms with Crippen LogP contribution >= 0.6 is 0 Å². The highest BCUT2D eigenvalue weighted by Crippen LogP contribution is 2.19. The van der Waals surface area contributed by atoms with Gasteiger partial charge in [0.25, 0.3) is 0 Å². The molecule has 0 aromatic heterocycles. The number of Topliss-reactive ketones (excluding diaryl/α,β-unsaturated/α-hetero) is 1. The summed E-state index contributed by atoms with van der Waals surface area (Å²) in [4.78, 5) is 23.8. The summed E-state index contributed by atoms with van der Waals surface area (Å²) in [6, 6.07) is 15.2. The number of carbonyl (C=O) groups excluding carboxylic acids is 2. The fourth-order valence-electron chi connectivity index (χ4n) is 2.16. The third-order valence-corrected chi connectivity index (χ3v) is 3.33. The highest BCUT2D eigenvalue weighted by Gasteiger charge is 2.13. The second-order valence-electron chi connectivity index (χ2n) is 5.06. The van der Waals surface area contributed by atoms with Crippen LogP contribution in [0.3, 0.4) is 0 Å². The number of esters is 1. The first kappa shape index (κ1) is 15.8. The van der Waals surface area contributed by atoms with Gasteiger partial charge < -0.3 is 10.1 Å². The smallest absolute Gasteiger partial charge is 0.325 e. The molecule has 0 fully saturated rings. The largest absolute Gasteiger partial charge is 0.468 e. The van der Waals surface area contributed by atoms with E-state index in [2.05, 4.69) is 10.1 Å². The predicted octanol–water partition coefficient (Wildman–Crippen LogP) is 3.01. The number of benzene rings is 2. The minimum absolute atomic E-state index is 0.0160. The lowest BCUT2D eigenvalue weighted by molar-refractivity contribution is -0.138. The van der Waals surface area contributed by atoms with Crippen LogP contribution in [0.15, 0.2) is 48.5 Å². The molecular formula is C18H19NO3. The lowest BCUT2D eigenvalue weighted by Gasteiger charge is -2.12. The Morgan fingerprint density at radius 3 is 2.50 bits per heavy atom. The molecule has 114 valence electrons. The van der Waals surface area contributed by atoms with Crippen molar-refractivity contribution in [3.8, 4) is 0 Å². The van der Waals surface area contributed by atoms with Crippen LogP contribution in [-0.2, 0) is 16.0 Å². The monoisotopic (exact) mass is 297 g/mol. The van der Waals surface area contributed by atoms with Gasteiger partial charge in [-0.05, 0) is 24.6 Å². The molecule has 2 rings (SSSR count). The summed E-state index contributed by atoms with van der Waals surface area (Å²) in [6.07, 6.45) is 0.331. The molecule has 22 heavy (non-hydrogen) atoms. The van der Waals surface area contributed by atoms with E-state index in [1.54, 1.807) is 0 Å². The van der Waals surface area contributed by atoms with Crippen molar-refractivity contribution < 1.29 is 14.3 Å². The molecule has 0 unspecified atom stereocenters. The maximum Gasteiger partial charge on any atom is 0.325 e. The second kappa shape index (κ2) is 7.41. The van der Waals surface area contributed by atoms with Crippen LogP contribution in [0.25, 0.3) is 0 Å². The molecule has 0 atom stereocenters. The van der Waals surface area contributed by atoms with Crippen molar-refractivity contribution in [3.63, 3.8) is 0 Å². The van der Waals surface area contributed by atoms with Gasteiger partial charge in [-0.25, -0.2) is 0 Å². The molecule has 0 aliphatic carbocycles. The molecule has 0 saturated heterocycles. The summed E-state index contributed by atoms with van der Waals surface area (Å²) in [5.74, 6) is -0.357. The summed E-state index contributed by atoms with van der Waals surface area (Å²) in [5.41, 5.74) is 3.21. The summed E-state index contributed by atoms with van der Waals surface area (Å²) in [5, 5.41) is 2.96. The fraction of sp³-hybridized carbons (Fsp3) is 0.222. The Bertz CT molecular complexity index is 665. The van der Waals surface area contributed by atoms with Gasteiger partial charge in [-0.1, -0.05) is 42.0 Å². The van der Waals surface area contributed by atoms with Gasteiger partial charge in [0.2, 0.25) is 0 Å². The normalized spacial score (nSPS) is 10.1. The van der Waals surface area contributed by atoms with Crippen LogP contribution < -0.4 is 5.32 Å². The van der Waals surface area contributed by atoms with Crippen LogP contribution in [0.5, 0.6) is 0 Å². The van der Waals surface area contributed by atoms with Gasteiger partial charge in [-0.2, -0.15) is 0 Å². The van der Waals surface area contributed by atoms with E-state index in [1.807, 2.05) is 55.5 Å². The predicted molar refractivity (Wildman–Crippen MR) is 86.2 cm³/mol. The van der Waals surface area contributed by atoms with Crippen LogP contribution in [0, 0.1) is 6.92 Å². The van der Waals surface area contributed by atoms with E-state index in [-0.39, 0.29) is 18.3 Å². The number of nitrogens with one attached hydrogen (secondary N) is 1. The molecule has 0 heterocycles. The zero-order valence-electron chi connectivity index (χ0n) is 12.8. The first-order valence-corrected chi connectivity index (χ1v) is 7.08. The Morgan fingerprint density at radius 1 is 1.09 bits per heavy atom. The van der Waals surface area contributed by atoms with E-state index >= 15 is 0 Å². The zero-order chi connectivity index (χ0) is 15.9. The molecule has 0 spiro atoms. The second-order valence-corrected chi connectivity index (χ2v) is 5.06. The van der Waals surface area contributed by atoms with E-state index < -0.39 is 0 Å². The first-order valence-electron chi connectivity index (χ1n) is 7.08. The number of rotatable bonds is 6. The van der Waals surface area contributed by atoms with Crippen LogP contribution in [0.2, 0.25) is 0 Å². The molecule has 0 radical (unpaired) electrons. The Labute approximate surface area is 130 Å². The number of hydrogen-bond donors (Lipinski definition) is 1. The first-order chi connectivity index (χ1) is 10.6. The lowest BCUT2D eigenvalue weighted by Crippen LogP contribution is -2.17. The van der Waals surface area contributed by atoms with Crippen molar-refractivity contribution in [3.05, 3.63) is 65.2 Å². The Morgan fingerprint density at radius 2 is 1.82 bits per heavy atom. The van der Waals surface area contributed by atoms with Gasteiger partial charge in [0.15, 0.2) is 5.78 Å². The maximum absolute atomic E-state index is 12.5. The number of methoxy groups -OCH3 is 1. The third-order valence-electron chi connectivity index (χ3n) is 3.33. The zero-order valence-corrected chi connectivity index (χ0v) is 12.8. The van der Waals surface area contributed by atoms with Crippen LogP contribution in [-0.4, -0.2) is 25.4 Å². The number of hydrogen-bond acceptors (Lipinski definition) is 4. The summed E-state index contributed by atoms with van der Waals surface area (Å²) in [6.45, 7) is 1.97. The molecule has 0 bridgehead atoms. The number of anilines is 1. The van der Waals surface area contributed by atoms with Crippen LogP contribution in [0.1, 0.15) is 21.5 Å². The lowest BCUT2D eigenvalue weighted by atomic mass is 10.00. The average Bonchev–Trinajstić information content (AvgIpc) is 2.54. The number of ketones is 1. The molecule has 0 saturated carbocycles. The highest BCUT2D eigenvalue weighted by atomic mass is 16.5. The van der Waals surface area contributed by atoms with Crippen molar-refractivity contribution in [2.75, 3.05) is 19.0 Å². The van der Waals surface area contributed by atoms with Crippen molar-refractivity contribution >= 4 is 17.4 Å². The minimum Gasteiger partial charge on any atom is -0.468 e. The van der Waals surface area contributed by atoms with Crippen molar-refractivity contribution in [1.82, 2.24) is 0 Å². The Hall–Kier alpha value is -2.62. The molecule has 4 nitrogen and oxygen atoms in total. The fourth-order valence-corrected chi connectivity index (χ4v) is 2.16. The molecule has 2 aromatic rings. The van der Waals surface area contributed by atoms with E-state index in [1.165, 1.54) is 7.11 Å². The van der Waals surface area contributed by atoms with Crippen molar-refractivity contribution in [2.45, 2.75) is 13.3 Å². The SMILES string of the molecule is COC(=O)CNc1ccc(C)cc1C(=O)Cc1ccccc1. The van der Waals surface area contributed by atoms with Gasteiger partial charge >= 0.3 is 5.97 Å². The summed E-state index contributed by atoms with van der Waals surface area (Å²) in [7, 11) is 1.33. The number of carbonyl (C=O) groups is 2. The molecule has 4 heteroatoms. The Balaban J connectivity index is 2.19. The summed E-state index contributed by atoms with van der Waals surface area (Å²) >= 11 is 0. The molecular weight excluding hydrogens is 278 g/mol. The van der Waals surface area contributed by atoms with Gasteiger partial charge in [-0.15, -0.1) is 0 Å². The summed E-state index contributed by atoms with van der Waals surface area (Å²) < 4.78 is 4.61. The van der Waals surface area contributed by atoms with Gasteiger partial charge in [0, 0.05) is 17.7 Å². The maximum atomic E-state index is 12.5. The van der Waals surface area contributed by atoms with Crippen molar-refractivity contribution in [2.24, 2.45) is 0 Å². The van der Waals surface area contributed by atoms with Crippen molar-refractivity contribution in [1.29, 1.82) is 0 Å². The number of aryl methyl sites for hydroxylation is 1. The highest BCUT2D eigenvalue weighted by molar-refractivity contribution is 6.02. The minimum atomic E-state index is -0.373. The van der Waals surface area contributed by atoms with E-state index in [9.17, 15) is 9.59 Å².